The summed E-state index contributed by atoms with van der Waals surface area (Å²) in [5, 5.41) is 10.7. The van der Waals surface area contributed by atoms with E-state index >= 15 is 0 Å². The van der Waals surface area contributed by atoms with Crippen molar-refractivity contribution in [2.45, 2.75) is 98.1 Å². The predicted molar refractivity (Wildman–Crippen MR) is 300 cm³/mol. The van der Waals surface area contributed by atoms with E-state index in [9.17, 15) is 0 Å². The minimum absolute atomic E-state index is 0.304. The highest BCUT2D eigenvalue weighted by Gasteiger charge is 2.41. The van der Waals surface area contributed by atoms with Crippen LogP contribution in [0.15, 0.2) is 170 Å². The number of anilines is 6. The van der Waals surface area contributed by atoms with Crippen LogP contribution in [-0.2, 0) is 5.41 Å². The van der Waals surface area contributed by atoms with Gasteiger partial charge in [-0.1, -0.05) is 194 Å². The second-order valence-corrected chi connectivity index (χ2v) is 32.4. The topological polar surface area (TPSA) is 6.48 Å². The number of rotatable bonds is 10. The van der Waals surface area contributed by atoms with Gasteiger partial charge in [0.1, 0.15) is 0 Å². The van der Waals surface area contributed by atoms with Crippen molar-refractivity contribution in [2.24, 2.45) is 0 Å². The molecule has 0 saturated carbocycles. The number of hydrogen-bond donors (Lipinski definition) is 0. The first-order valence-electron chi connectivity index (χ1n) is 24.5. The van der Waals surface area contributed by atoms with Crippen LogP contribution in [0.4, 0.5) is 34.1 Å². The molecule has 0 heterocycles. The first-order chi connectivity index (χ1) is 31.9. The van der Waals surface area contributed by atoms with E-state index in [1.165, 1.54) is 105 Å². The van der Waals surface area contributed by atoms with Crippen LogP contribution >= 0.6 is 0 Å². The highest BCUT2D eigenvalue weighted by molar-refractivity contribution is 6.89. The van der Waals surface area contributed by atoms with Crippen LogP contribution in [0.25, 0.3) is 43.4 Å². The maximum absolute atomic E-state index is 2.54. The van der Waals surface area contributed by atoms with Gasteiger partial charge in [0.15, 0.2) is 0 Å². The standard InChI is InChI=1S/C63H66N2Si2/c1-41(2)43-21-25-45(26-22-43)64(46-29-34-50(35-30-46)66(7,8)9)49-33-38-56-57(39-49)52-17-13-15-19-54(52)61-60-55-20-16-14-18-53(55)59(40-58(60)63(5,6)62(56)61)65(47-27-23-44(24-28-47)42(3)4)48-31-36-51(37-32-48)67(10,11)12/h13-42H,1-12H3. The third-order valence-electron chi connectivity index (χ3n) is 14.7. The molecule has 10 rings (SSSR count). The fourth-order valence-corrected chi connectivity index (χ4v) is 13.1. The van der Waals surface area contributed by atoms with Gasteiger partial charge in [-0.15, -0.1) is 0 Å². The quantitative estimate of drug-likeness (QED) is 0.0996. The van der Waals surface area contributed by atoms with Crippen molar-refractivity contribution < 1.29 is 0 Å². The Balaban J connectivity index is 1.20. The SMILES string of the molecule is CC(C)c1ccc(N(c2ccc([Si](C)(C)C)cc2)c2ccc3c4c(c5ccccc5c3c2)-c2c(cc(N(c3ccc(C(C)C)cc3)c3ccc([Si](C)(C)C)cc3)c3ccccc23)C4(C)C)cc1. The van der Waals surface area contributed by atoms with Gasteiger partial charge >= 0.3 is 0 Å². The summed E-state index contributed by atoms with van der Waals surface area (Å²) < 4.78 is 0. The molecule has 0 spiro atoms. The van der Waals surface area contributed by atoms with E-state index in [4.69, 9.17) is 0 Å². The van der Waals surface area contributed by atoms with E-state index in [-0.39, 0.29) is 5.41 Å². The highest BCUT2D eigenvalue weighted by atomic mass is 28.3. The molecule has 1 aliphatic rings. The minimum atomic E-state index is -1.51. The van der Waals surface area contributed by atoms with Gasteiger partial charge in [-0.2, -0.15) is 0 Å². The lowest BCUT2D eigenvalue weighted by Gasteiger charge is -2.31. The molecule has 9 aromatic rings. The molecule has 336 valence electrons. The summed E-state index contributed by atoms with van der Waals surface area (Å²) in [6.07, 6.45) is 0. The van der Waals surface area contributed by atoms with Crippen LogP contribution in [-0.4, -0.2) is 16.1 Å². The Morgan fingerprint density at radius 3 is 1.24 bits per heavy atom. The fourth-order valence-electron chi connectivity index (χ4n) is 10.8. The summed E-state index contributed by atoms with van der Waals surface area (Å²) in [4.78, 5) is 4.97. The molecule has 4 heteroatoms. The number of hydrogen-bond acceptors (Lipinski definition) is 2. The van der Waals surface area contributed by atoms with Gasteiger partial charge in [-0.25, -0.2) is 0 Å². The third-order valence-corrected chi connectivity index (χ3v) is 18.8. The number of benzene rings is 9. The van der Waals surface area contributed by atoms with Crippen LogP contribution in [0.2, 0.25) is 39.3 Å². The normalized spacial score (nSPS) is 13.5. The summed E-state index contributed by atoms with van der Waals surface area (Å²) in [5.74, 6) is 0.925. The second-order valence-electron chi connectivity index (χ2n) is 22.3. The van der Waals surface area contributed by atoms with Crippen molar-refractivity contribution in [3.63, 3.8) is 0 Å². The lowest BCUT2D eigenvalue weighted by Crippen LogP contribution is -2.37. The first-order valence-corrected chi connectivity index (χ1v) is 31.5. The highest BCUT2D eigenvalue weighted by Crippen LogP contribution is 2.59. The molecule has 0 N–H and O–H groups in total. The molecule has 2 nitrogen and oxygen atoms in total. The molecule has 0 aromatic heterocycles. The predicted octanol–water partition coefficient (Wildman–Crippen LogP) is 17.7. The first kappa shape index (κ1) is 44.6. The van der Waals surface area contributed by atoms with E-state index in [2.05, 4.69) is 260 Å². The monoisotopic (exact) mass is 906 g/mol. The van der Waals surface area contributed by atoms with Gasteiger partial charge in [-0.3, -0.25) is 0 Å². The van der Waals surface area contributed by atoms with Gasteiger partial charge in [0.25, 0.3) is 0 Å². The van der Waals surface area contributed by atoms with Crippen LogP contribution < -0.4 is 20.2 Å². The van der Waals surface area contributed by atoms with Gasteiger partial charge in [0.05, 0.1) is 21.8 Å². The average Bonchev–Trinajstić information content (AvgIpc) is 3.55. The number of fused-ring (bicyclic) bond motifs is 10. The van der Waals surface area contributed by atoms with Crippen molar-refractivity contribution in [1.82, 2.24) is 0 Å². The molecule has 0 fully saturated rings. The Bertz CT molecular complexity index is 3310. The minimum Gasteiger partial charge on any atom is -0.310 e. The van der Waals surface area contributed by atoms with Crippen LogP contribution in [0.3, 0.4) is 0 Å². The molecule has 0 amide bonds. The zero-order valence-corrected chi connectivity index (χ0v) is 43.7. The van der Waals surface area contributed by atoms with Crippen molar-refractivity contribution in [2.75, 3.05) is 9.80 Å². The maximum Gasteiger partial charge on any atom is 0.0775 e. The molecule has 1 aliphatic carbocycles. The van der Waals surface area contributed by atoms with Crippen LogP contribution in [0.5, 0.6) is 0 Å². The molecule has 0 radical (unpaired) electrons. The van der Waals surface area contributed by atoms with Crippen molar-refractivity contribution in [3.8, 4) is 11.1 Å². The molecular formula is C63H66N2Si2. The zero-order valence-electron chi connectivity index (χ0n) is 41.7. The van der Waals surface area contributed by atoms with Crippen LogP contribution in [0, 0.1) is 0 Å². The van der Waals surface area contributed by atoms with Gasteiger partial charge in [0, 0.05) is 39.2 Å². The summed E-state index contributed by atoms with van der Waals surface area (Å²) in [5.41, 5.74) is 15.0. The maximum atomic E-state index is 2.54. The van der Waals surface area contributed by atoms with Gasteiger partial charge in [0.2, 0.25) is 0 Å². The molecule has 0 unspecified atom stereocenters. The van der Waals surface area contributed by atoms with Crippen LogP contribution in [0.1, 0.15) is 75.6 Å². The zero-order chi connectivity index (χ0) is 47.2. The Hall–Kier alpha value is -6.21. The summed E-state index contributed by atoms with van der Waals surface area (Å²) >= 11 is 0. The summed E-state index contributed by atoms with van der Waals surface area (Å²) in [6, 6.07) is 65.5. The van der Waals surface area contributed by atoms with Crippen molar-refractivity contribution >= 4 is 93.0 Å². The molecule has 0 saturated heterocycles. The second kappa shape index (κ2) is 16.5. The fraction of sp³-hybridized carbons (Fsp3) is 0.238. The molecule has 0 atom stereocenters. The smallest absolute Gasteiger partial charge is 0.0775 e. The van der Waals surface area contributed by atoms with Gasteiger partial charge in [-0.05, 0) is 139 Å². The lowest BCUT2D eigenvalue weighted by atomic mass is 9.79. The number of nitrogens with zero attached hydrogens (tertiary/aromatic N) is 2. The molecule has 0 bridgehead atoms. The van der Waals surface area contributed by atoms with E-state index in [0.29, 0.717) is 11.8 Å². The Labute approximate surface area is 402 Å². The van der Waals surface area contributed by atoms with E-state index < -0.39 is 16.1 Å². The Kier molecular flexibility index (Phi) is 11.0. The van der Waals surface area contributed by atoms with Gasteiger partial charge < -0.3 is 9.80 Å². The lowest BCUT2D eigenvalue weighted by molar-refractivity contribution is 0.667. The van der Waals surface area contributed by atoms with E-state index in [1.54, 1.807) is 0 Å². The Morgan fingerprint density at radius 1 is 0.373 bits per heavy atom. The Morgan fingerprint density at radius 2 is 0.776 bits per heavy atom. The van der Waals surface area contributed by atoms with E-state index in [0.717, 1.165) is 5.69 Å². The summed E-state index contributed by atoms with van der Waals surface area (Å²) in [6.45, 7) is 28.6. The van der Waals surface area contributed by atoms with Crippen molar-refractivity contribution in [1.29, 1.82) is 0 Å². The average molecular weight is 907 g/mol. The van der Waals surface area contributed by atoms with Crippen molar-refractivity contribution in [3.05, 3.63) is 192 Å². The summed E-state index contributed by atoms with van der Waals surface area (Å²) in [7, 11) is -2.99. The largest absolute Gasteiger partial charge is 0.310 e. The van der Waals surface area contributed by atoms with E-state index in [1.807, 2.05) is 0 Å². The third kappa shape index (κ3) is 7.72. The molecule has 67 heavy (non-hydrogen) atoms. The molecular weight excluding hydrogens is 841 g/mol. The molecule has 0 aliphatic heterocycles. The molecule has 9 aromatic carbocycles.